The smallest absolute Gasteiger partial charge is 0.305 e. The van der Waals surface area contributed by atoms with Crippen molar-refractivity contribution in [1.82, 2.24) is 0 Å². The molecule has 7 heteroatoms. The second-order valence-electron chi connectivity index (χ2n) is 6.40. The standard InChI is InChI=1S/C23H29FO6/c1-29-23(28)12-8-11-22(27)21(26)10-7-5-3-2-4-6-9-19(25)17-30-20-15-13-18(24)14-16-20/h2-7,9-10,13-16,19,21-22,25-27H,8,11-12,17H2,1H3/t19-,21+,22-/m0/s1. The van der Waals surface area contributed by atoms with Gasteiger partial charge in [0.25, 0.3) is 0 Å². The van der Waals surface area contributed by atoms with Gasteiger partial charge in [0.2, 0.25) is 0 Å². The van der Waals surface area contributed by atoms with Crippen LogP contribution >= 0.6 is 0 Å². The highest BCUT2D eigenvalue weighted by molar-refractivity contribution is 5.68. The van der Waals surface area contributed by atoms with Gasteiger partial charge in [0.1, 0.15) is 24.3 Å². The molecule has 0 unspecified atom stereocenters. The van der Waals surface area contributed by atoms with Crippen molar-refractivity contribution in [3.05, 3.63) is 78.7 Å². The molecule has 6 nitrogen and oxygen atoms in total. The number of esters is 1. The van der Waals surface area contributed by atoms with Gasteiger partial charge in [-0.3, -0.25) is 4.79 Å². The number of benzene rings is 1. The quantitative estimate of drug-likeness (QED) is 0.335. The zero-order valence-corrected chi connectivity index (χ0v) is 16.9. The number of aliphatic hydroxyl groups is 3. The summed E-state index contributed by atoms with van der Waals surface area (Å²) in [7, 11) is 1.31. The van der Waals surface area contributed by atoms with Gasteiger partial charge in [0.15, 0.2) is 0 Å². The first-order chi connectivity index (χ1) is 14.4. The van der Waals surface area contributed by atoms with Crippen LogP contribution in [0, 0.1) is 5.82 Å². The van der Waals surface area contributed by atoms with Crippen LogP contribution in [0.5, 0.6) is 5.75 Å². The summed E-state index contributed by atoms with van der Waals surface area (Å²) in [5, 5.41) is 29.4. The van der Waals surface area contributed by atoms with Crippen molar-refractivity contribution in [2.75, 3.05) is 13.7 Å². The first kappa shape index (κ1) is 25.3. The number of ether oxygens (including phenoxy) is 2. The molecular formula is C23H29FO6. The third kappa shape index (κ3) is 12.0. The molecule has 0 heterocycles. The monoisotopic (exact) mass is 420 g/mol. The fourth-order valence-electron chi connectivity index (χ4n) is 2.25. The van der Waals surface area contributed by atoms with Crippen LogP contribution < -0.4 is 4.74 Å². The van der Waals surface area contributed by atoms with Crippen molar-refractivity contribution in [2.24, 2.45) is 0 Å². The lowest BCUT2D eigenvalue weighted by atomic mass is 10.1. The molecule has 0 aliphatic heterocycles. The maximum Gasteiger partial charge on any atom is 0.305 e. The summed E-state index contributed by atoms with van der Waals surface area (Å²) < 4.78 is 22.6. The number of allylic oxidation sites excluding steroid dienone is 6. The third-order valence-electron chi connectivity index (χ3n) is 3.93. The van der Waals surface area contributed by atoms with Crippen LogP contribution in [0.2, 0.25) is 0 Å². The third-order valence-corrected chi connectivity index (χ3v) is 3.93. The summed E-state index contributed by atoms with van der Waals surface area (Å²) in [4.78, 5) is 11.0. The van der Waals surface area contributed by atoms with Crippen LogP contribution in [0.15, 0.2) is 72.9 Å². The Kier molecular flexibility index (Phi) is 12.8. The van der Waals surface area contributed by atoms with Gasteiger partial charge in [0.05, 0.1) is 19.3 Å². The van der Waals surface area contributed by atoms with E-state index in [1.54, 1.807) is 42.5 Å². The minimum Gasteiger partial charge on any atom is -0.491 e. The Balaban J connectivity index is 2.23. The van der Waals surface area contributed by atoms with Crippen LogP contribution in [0.4, 0.5) is 4.39 Å². The van der Waals surface area contributed by atoms with Gasteiger partial charge < -0.3 is 24.8 Å². The summed E-state index contributed by atoms with van der Waals surface area (Å²) >= 11 is 0. The SMILES string of the molecule is COC(=O)CCC[C@H](O)[C@H](O)C=CC=CC=CC=C[C@H](O)COc1ccc(F)cc1. The predicted molar refractivity (Wildman–Crippen MR) is 112 cm³/mol. The van der Waals surface area contributed by atoms with E-state index in [-0.39, 0.29) is 24.8 Å². The molecule has 0 aliphatic rings. The van der Waals surface area contributed by atoms with Gasteiger partial charge in [-0.05, 0) is 37.1 Å². The summed E-state index contributed by atoms with van der Waals surface area (Å²) in [6, 6.07) is 5.54. The Labute approximate surface area is 176 Å². The molecule has 30 heavy (non-hydrogen) atoms. The highest BCUT2D eigenvalue weighted by atomic mass is 19.1. The van der Waals surface area contributed by atoms with E-state index in [9.17, 15) is 24.5 Å². The first-order valence-corrected chi connectivity index (χ1v) is 9.60. The lowest BCUT2D eigenvalue weighted by Gasteiger charge is -2.13. The van der Waals surface area contributed by atoms with Crippen LogP contribution in [0.1, 0.15) is 19.3 Å². The number of carbonyl (C=O) groups is 1. The second kappa shape index (κ2) is 15.1. The molecule has 0 aromatic heterocycles. The van der Waals surface area contributed by atoms with E-state index >= 15 is 0 Å². The van der Waals surface area contributed by atoms with Crippen molar-refractivity contribution in [3.63, 3.8) is 0 Å². The molecule has 1 aromatic carbocycles. The van der Waals surface area contributed by atoms with Gasteiger partial charge in [-0.25, -0.2) is 4.39 Å². The Morgan fingerprint density at radius 2 is 1.60 bits per heavy atom. The fraction of sp³-hybridized carbons (Fsp3) is 0.348. The first-order valence-electron chi connectivity index (χ1n) is 9.60. The van der Waals surface area contributed by atoms with E-state index in [2.05, 4.69) is 4.74 Å². The molecule has 164 valence electrons. The molecule has 1 rings (SSSR count). The van der Waals surface area contributed by atoms with Gasteiger partial charge >= 0.3 is 5.97 Å². The normalized spacial score (nSPS) is 15.2. The maximum atomic E-state index is 12.8. The topological polar surface area (TPSA) is 96.2 Å². The second-order valence-corrected chi connectivity index (χ2v) is 6.40. The van der Waals surface area contributed by atoms with Crippen molar-refractivity contribution >= 4 is 5.97 Å². The maximum absolute atomic E-state index is 12.8. The van der Waals surface area contributed by atoms with Gasteiger partial charge in [-0.1, -0.05) is 48.6 Å². The Bertz CT molecular complexity index is 724. The van der Waals surface area contributed by atoms with Crippen molar-refractivity contribution in [3.8, 4) is 5.75 Å². The Hall–Kier alpha value is -2.74. The zero-order chi connectivity index (χ0) is 22.2. The lowest BCUT2D eigenvalue weighted by molar-refractivity contribution is -0.140. The highest BCUT2D eigenvalue weighted by Gasteiger charge is 2.13. The number of methoxy groups -OCH3 is 1. The number of hydrogen-bond donors (Lipinski definition) is 3. The molecule has 0 saturated heterocycles. The van der Waals surface area contributed by atoms with Crippen molar-refractivity contribution < 1.29 is 34.0 Å². The molecule has 0 saturated carbocycles. The average molecular weight is 420 g/mol. The minimum absolute atomic E-state index is 0.0500. The molecule has 3 atom stereocenters. The summed E-state index contributed by atoms with van der Waals surface area (Å²) in [5.41, 5.74) is 0. The van der Waals surface area contributed by atoms with E-state index in [4.69, 9.17) is 4.74 Å². The molecule has 3 N–H and O–H groups in total. The van der Waals surface area contributed by atoms with Crippen molar-refractivity contribution in [2.45, 2.75) is 37.6 Å². The van der Waals surface area contributed by atoms with Crippen LogP contribution in [0.25, 0.3) is 0 Å². The minimum atomic E-state index is -1.02. The van der Waals surface area contributed by atoms with E-state index < -0.39 is 18.3 Å². The van der Waals surface area contributed by atoms with Crippen LogP contribution in [-0.2, 0) is 9.53 Å². The van der Waals surface area contributed by atoms with Gasteiger partial charge in [0, 0.05) is 6.42 Å². The molecule has 0 amide bonds. The van der Waals surface area contributed by atoms with Gasteiger partial charge in [-0.15, -0.1) is 0 Å². The average Bonchev–Trinajstić information content (AvgIpc) is 2.74. The highest BCUT2D eigenvalue weighted by Crippen LogP contribution is 2.11. The molecular weight excluding hydrogens is 391 g/mol. The summed E-state index contributed by atoms with van der Waals surface area (Å²) in [5.74, 6) is -0.217. The number of rotatable bonds is 13. The van der Waals surface area contributed by atoms with E-state index in [1.165, 1.54) is 37.5 Å². The van der Waals surface area contributed by atoms with E-state index in [0.717, 1.165) is 0 Å². The number of halogens is 1. The van der Waals surface area contributed by atoms with E-state index in [1.807, 2.05) is 0 Å². The fourth-order valence-corrected chi connectivity index (χ4v) is 2.25. The van der Waals surface area contributed by atoms with Crippen LogP contribution in [0.3, 0.4) is 0 Å². The molecule has 0 spiro atoms. The Morgan fingerprint density at radius 1 is 1.00 bits per heavy atom. The van der Waals surface area contributed by atoms with Gasteiger partial charge in [-0.2, -0.15) is 0 Å². The number of hydrogen-bond acceptors (Lipinski definition) is 6. The summed E-state index contributed by atoms with van der Waals surface area (Å²) in [6.07, 6.45) is 11.3. The van der Waals surface area contributed by atoms with Crippen LogP contribution in [-0.4, -0.2) is 53.3 Å². The van der Waals surface area contributed by atoms with Crippen molar-refractivity contribution in [1.29, 1.82) is 0 Å². The summed E-state index contributed by atoms with van der Waals surface area (Å²) in [6.45, 7) is 0.0500. The zero-order valence-electron chi connectivity index (χ0n) is 16.9. The largest absolute Gasteiger partial charge is 0.491 e. The molecule has 0 bridgehead atoms. The molecule has 1 aromatic rings. The number of aliphatic hydroxyl groups excluding tert-OH is 3. The molecule has 0 aliphatic carbocycles. The predicted octanol–water partition coefficient (Wildman–Crippen LogP) is 2.86. The molecule has 0 radical (unpaired) electrons. The molecule has 0 fully saturated rings. The lowest BCUT2D eigenvalue weighted by Crippen LogP contribution is -2.23. The van der Waals surface area contributed by atoms with E-state index in [0.29, 0.717) is 18.6 Å². The number of carbonyl (C=O) groups excluding carboxylic acids is 1. The Morgan fingerprint density at radius 3 is 2.23 bits per heavy atom.